The van der Waals surface area contributed by atoms with Gasteiger partial charge in [0, 0.05) is 6.42 Å². The van der Waals surface area contributed by atoms with Gasteiger partial charge in [0.25, 0.3) is 0 Å². The van der Waals surface area contributed by atoms with Gasteiger partial charge in [-0.25, -0.2) is 0 Å². The van der Waals surface area contributed by atoms with E-state index in [4.69, 9.17) is 0 Å². The van der Waals surface area contributed by atoms with E-state index in [0.29, 0.717) is 12.3 Å². The third kappa shape index (κ3) is 1.37. The van der Waals surface area contributed by atoms with Crippen molar-refractivity contribution in [2.75, 3.05) is 7.11 Å². The number of Topliss-reactive ketones (excluding diaryl/α,β-unsaturated/α-hetero) is 1. The van der Waals surface area contributed by atoms with Gasteiger partial charge in [0.05, 0.1) is 7.11 Å². The van der Waals surface area contributed by atoms with Crippen LogP contribution in [0.15, 0.2) is 12.2 Å². The van der Waals surface area contributed by atoms with Crippen LogP contribution in [-0.4, -0.2) is 18.9 Å². The zero-order valence-electron chi connectivity index (χ0n) is 8.23. The van der Waals surface area contributed by atoms with Gasteiger partial charge in [-0.1, -0.05) is 12.2 Å². The molecular weight excluding hydrogens is 180 g/mol. The topological polar surface area (TPSA) is 43.4 Å². The van der Waals surface area contributed by atoms with E-state index in [0.717, 1.165) is 12.8 Å². The number of carbonyl (C=O) groups is 2. The van der Waals surface area contributed by atoms with E-state index in [2.05, 4.69) is 16.9 Å². The van der Waals surface area contributed by atoms with E-state index in [9.17, 15) is 9.59 Å². The number of carbonyl (C=O) groups excluding carboxylic acids is 2. The lowest BCUT2D eigenvalue weighted by Gasteiger charge is -2.23. The largest absolute Gasteiger partial charge is 0.468 e. The first-order valence-electron chi connectivity index (χ1n) is 4.99. The summed E-state index contributed by atoms with van der Waals surface area (Å²) in [5.41, 5.74) is 0. The molecule has 0 amide bonds. The maximum atomic E-state index is 11.6. The van der Waals surface area contributed by atoms with E-state index >= 15 is 0 Å². The fourth-order valence-corrected chi connectivity index (χ4v) is 2.59. The second-order valence-electron chi connectivity index (χ2n) is 4.04. The molecule has 0 spiro atoms. The van der Waals surface area contributed by atoms with E-state index in [1.165, 1.54) is 7.11 Å². The van der Waals surface area contributed by atoms with Gasteiger partial charge < -0.3 is 4.74 Å². The fourth-order valence-electron chi connectivity index (χ4n) is 2.59. The summed E-state index contributed by atoms with van der Waals surface area (Å²) in [6.45, 7) is 0. The highest BCUT2D eigenvalue weighted by Gasteiger charge is 2.46. The maximum absolute atomic E-state index is 11.6. The van der Waals surface area contributed by atoms with E-state index in [1.54, 1.807) is 0 Å². The number of hydrogen-bond acceptors (Lipinski definition) is 3. The molecule has 0 N–H and O–H groups in total. The molecule has 0 saturated heterocycles. The van der Waals surface area contributed by atoms with Gasteiger partial charge in [-0.2, -0.15) is 0 Å². The summed E-state index contributed by atoms with van der Waals surface area (Å²) in [6, 6.07) is 0. The van der Waals surface area contributed by atoms with Crippen molar-refractivity contribution < 1.29 is 14.3 Å². The van der Waals surface area contributed by atoms with E-state index in [-0.39, 0.29) is 17.7 Å². The number of esters is 1. The molecule has 2 rings (SSSR count). The van der Waals surface area contributed by atoms with Crippen LogP contribution in [0.5, 0.6) is 0 Å². The van der Waals surface area contributed by atoms with Gasteiger partial charge in [0.1, 0.15) is 11.7 Å². The smallest absolute Gasteiger partial charge is 0.316 e. The molecule has 0 unspecified atom stereocenters. The number of ketones is 1. The summed E-state index contributed by atoms with van der Waals surface area (Å²) < 4.78 is 4.67. The number of hydrogen-bond donors (Lipinski definition) is 0. The van der Waals surface area contributed by atoms with Crippen LogP contribution in [0.25, 0.3) is 0 Å². The number of rotatable bonds is 1. The van der Waals surface area contributed by atoms with Crippen molar-refractivity contribution >= 4 is 11.8 Å². The Hall–Kier alpha value is -1.12. The van der Waals surface area contributed by atoms with Crippen molar-refractivity contribution in [3.63, 3.8) is 0 Å². The maximum Gasteiger partial charge on any atom is 0.316 e. The first-order valence-corrected chi connectivity index (χ1v) is 4.99. The molecule has 0 aromatic carbocycles. The van der Waals surface area contributed by atoms with E-state index < -0.39 is 5.92 Å². The Morgan fingerprint density at radius 1 is 1.43 bits per heavy atom. The highest BCUT2D eigenvalue weighted by molar-refractivity contribution is 6.01. The monoisotopic (exact) mass is 194 g/mol. The number of ether oxygens (including phenoxy) is 1. The van der Waals surface area contributed by atoms with Crippen molar-refractivity contribution in [2.45, 2.75) is 19.3 Å². The Morgan fingerprint density at radius 2 is 2.14 bits per heavy atom. The molecule has 0 aromatic rings. The molecule has 76 valence electrons. The van der Waals surface area contributed by atoms with Crippen molar-refractivity contribution in [1.29, 1.82) is 0 Å². The van der Waals surface area contributed by atoms with Crippen LogP contribution >= 0.6 is 0 Å². The van der Waals surface area contributed by atoms with Crippen LogP contribution in [-0.2, 0) is 14.3 Å². The van der Waals surface area contributed by atoms with E-state index in [1.807, 2.05) is 0 Å². The summed E-state index contributed by atoms with van der Waals surface area (Å²) in [4.78, 5) is 23.0. The van der Waals surface area contributed by atoms with Crippen molar-refractivity contribution in [3.05, 3.63) is 12.2 Å². The molecule has 1 saturated carbocycles. The van der Waals surface area contributed by atoms with Crippen LogP contribution < -0.4 is 0 Å². The van der Waals surface area contributed by atoms with Crippen LogP contribution in [0.2, 0.25) is 0 Å². The summed E-state index contributed by atoms with van der Waals surface area (Å²) >= 11 is 0. The Bertz CT molecular complexity index is 293. The number of fused-ring (bicyclic) bond motifs is 1. The van der Waals surface area contributed by atoms with Crippen LogP contribution in [0.3, 0.4) is 0 Å². The molecule has 14 heavy (non-hydrogen) atoms. The Morgan fingerprint density at radius 3 is 2.86 bits per heavy atom. The third-order valence-corrected chi connectivity index (χ3v) is 3.31. The standard InChI is InChI=1S/C11H14O3/c1-14-11(13)10-8-5-3-2-4-7(8)6-9(10)12/h2-3,7-8,10H,4-6H2,1H3/t7-,8+,10-/m0/s1. The lowest BCUT2D eigenvalue weighted by molar-refractivity contribution is -0.149. The Labute approximate surface area is 83.1 Å². The predicted octanol–water partition coefficient (Wildman–Crippen LogP) is 1.33. The molecule has 0 radical (unpaired) electrons. The molecule has 1 fully saturated rings. The summed E-state index contributed by atoms with van der Waals surface area (Å²) in [5.74, 6) is -0.208. The average Bonchev–Trinajstić information content (AvgIpc) is 2.53. The number of methoxy groups -OCH3 is 1. The molecule has 2 aliphatic carbocycles. The summed E-state index contributed by atoms with van der Waals surface area (Å²) in [7, 11) is 1.35. The van der Waals surface area contributed by atoms with Gasteiger partial charge in [-0.15, -0.1) is 0 Å². The van der Waals surface area contributed by atoms with Gasteiger partial charge in [0.2, 0.25) is 0 Å². The molecular formula is C11H14O3. The lowest BCUT2D eigenvalue weighted by atomic mass is 9.81. The summed E-state index contributed by atoms with van der Waals surface area (Å²) in [5, 5.41) is 0. The quantitative estimate of drug-likeness (QED) is 0.359. The van der Waals surface area contributed by atoms with Gasteiger partial charge in [-0.05, 0) is 24.7 Å². The SMILES string of the molecule is COC(=O)[C@@H]1C(=O)C[C@@H]2CC=CC[C@H]21. The fraction of sp³-hybridized carbons (Fsp3) is 0.636. The lowest BCUT2D eigenvalue weighted by Crippen LogP contribution is -2.28. The minimum atomic E-state index is -0.491. The molecule has 3 nitrogen and oxygen atoms in total. The molecule has 0 bridgehead atoms. The molecule has 0 heterocycles. The summed E-state index contributed by atoms with van der Waals surface area (Å²) in [6.07, 6.45) is 6.50. The van der Waals surface area contributed by atoms with Gasteiger partial charge in [0.15, 0.2) is 0 Å². The highest BCUT2D eigenvalue weighted by atomic mass is 16.5. The first kappa shape index (κ1) is 9.44. The van der Waals surface area contributed by atoms with Crippen LogP contribution in [0.1, 0.15) is 19.3 Å². The minimum absolute atomic E-state index is 0.0653. The molecule has 0 aromatic heterocycles. The molecule has 3 atom stereocenters. The number of allylic oxidation sites excluding steroid dienone is 2. The zero-order chi connectivity index (χ0) is 10.1. The van der Waals surface area contributed by atoms with Crippen molar-refractivity contribution in [2.24, 2.45) is 17.8 Å². The minimum Gasteiger partial charge on any atom is -0.468 e. The molecule has 3 heteroatoms. The third-order valence-electron chi connectivity index (χ3n) is 3.31. The Balaban J connectivity index is 2.19. The second kappa shape index (κ2) is 3.56. The average molecular weight is 194 g/mol. The normalized spacial score (nSPS) is 35.5. The predicted molar refractivity (Wildman–Crippen MR) is 50.5 cm³/mol. The van der Waals surface area contributed by atoms with Gasteiger partial charge in [-0.3, -0.25) is 9.59 Å². The first-order chi connectivity index (χ1) is 6.74. The van der Waals surface area contributed by atoms with Crippen LogP contribution in [0.4, 0.5) is 0 Å². The molecule has 2 aliphatic rings. The second-order valence-corrected chi connectivity index (χ2v) is 4.04. The Kier molecular flexibility index (Phi) is 2.40. The van der Waals surface area contributed by atoms with Gasteiger partial charge >= 0.3 is 5.97 Å². The van der Waals surface area contributed by atoms with Crippen molar-refractivity contribution in [1.82, 2.24) is 0 Å². The van der Waals surface area contributed by atoms with Crippen molar-refractivity contribution in [3.8, 4) is 0 Å². The van der Waals surface area contributed by atoms with Crippen LogP contribution in [0, 0.1) is 17.8 Å². The zero-order valence-corrected chi connectivity index (χ0v) is 8.23. The molecule has 0 aliphatic heterocycles. The highest BCUT2D eigenvalue weighted by Crippen LogP contribution is 2.41.